The second kappa shape index (κ2) is 6.40. The molecule has 5 heteroatoms. The van der Waals surface area contributed by atoms with Crippen molar-refractivity contribution in [2.75, 3.05) is 11.9 Å². The van der Waals surface area contributed by atoms with Crippen molar-refractivity contribution in [3.05, 3.63) is 52.3 Å². The maximum absolute atomic E-state index is 13.7. The topological polar surface area (TPSA) is 45.0 Å². The van der Waals surface area contributed by atoms with E-state index in [2.05, 4.69) is 27.3 Å². The highest BCUT2D eigenvalue weighted by Gasteiger charge is 2.06. The lowest BCUT2D eigenvalue weighted by molar-refractivity contribution is 0.321. The Labute approximate surface area is 125 Å². The van der Waals surface area contributed by atoms with Crippen molar-refractivity contribution in [2.45, 2.75) is 6.92 Å². The Morgan fingerprint density at radius 1 is 1.30 bits per heavy atom. The van der Waals surface area contributed by atoms with Crippen LogP contribution in [0.1, 0.15) is 12.5 Å². The predicted molar refractivity (Wildman–Crippen MR) is 79.7 cm³/mol. The molecule has 0 amide bonds. The zero-order chi connectivity index (χ0) is 14.5. The lowest BCUT2D eigenvalue weighted by Gasteiger charge is -2.10. The van der Waals surface area contributed by atoms with Gasteiger partial charge in [0.05, 0.1) is 23.9 Å². The lowest BCUT2D eigenvalue weighted by atomic mass is 10.2. The molecule has 0 aliphatic carbocycles. The molecule has 0 saturated heterocycles. The molecule has 0 saturated carbocycles. The molecular formula is C15H12BrFN2O. The first-order valence-electron chi connectivity index (χ1n) is 6.03. The van der Waals surface area contributed by atoms with Crippen molar-refractivity contribution < 1.29 is 9.13 Å². The fourth-order valence-corrected chi connectivity index (χ4v) is 2.17. The van der Waals surface area contributed by atoms with Crippen LogP contribution in [0, 0.1) is 17.1 Å². The van der Waals surface area contributed by atoms with Gasteiger partial charge in [-0.25, -0.2) is 4.39 Å². The number of halogens is 2. The van der Waals surface area contributed by atoms with E-state index in [1.54, 1.807) is 37.3 Å². The molecule has 2 aromatic rings. The Kier molecular flexibility index (Phi) is 4.59. The maximum atomic E-state index is 13.7. The number of nitriles is 1. The summed E-state index contributed by atoms with van der Waals surface area (Å²) >= 11 is 3.37. The summed E-state index contributed by atoms with van der Waals surface area (Å²) in [7, 11) is 0. The summed E-state index contributed by atoms with van der Waals surface area (Å²) in [6.07, 6.45) is 0. The number of rotatable bonds is 4. The number of ether oxygens (including phenoxy) is 1. The lowest BCUT2D eigenvalue weighted by Crippen LogP contribution is -1.97. The van der Waals surface area contributed by atoms with E-state index in [4.69, 9.17) is 10.00 Å². The fourth-order valence-electron chi connectivity index (χ4n) is 1.69. The quantitative estimate of drug-likeness (QED) is 0.888. The molecule has 0 atom stereocenters. The second-order valence-corrected chi connectivity index (χ2v) is 4.86. The monoisotopic (exact) mass is 334 g/mol. The molecule has 3 nitrogen and oxygen atoms in total. The summed E-state index contributed by atoms with van der Waals surface area (Å²) in [6.45, 7) is 2.23. The predicted octanol–water partition coefficient (Wildman–Crippen LogP) is 4.60. The highest BCUT2D eigenvalue weighted by atomic mass is 79.9. The van der Waals surface area contributed by atoms with Crippen LogP contribution in [0.5, 0.6) is 5.75 Å². The van der Waals surface area contributed by atoms with Gasteiger partial charge >= 0.3 is 0 Å². The van der Waals surface area contributed by atoms with Gasteiger partial charge in [0.15, 0.2) is 11.6 Å². The van der Waals surface area contributed by atoms with Gasteiger partial charge in [0.1, 0.15) is 0 Å². The van der Waals surface area contributed by atoms with Crippen molar-refractivity contribution in [1.82, 2.24) is 0 Å². The smallest absolute Gasteiger partial charge is 0.167 e. The Morgan fingerprint density at radius 2 is 2.10 bits per heavy atom. The molecule has 102 valence electrons. The number of anilines is 2. The van der Waals surface area contributed by atoms with Gasteiger partial charge in [0.2, 0.25) is 0 Å². The Balaban J connectivity index is 2.22. The highest BCUT2D eigenvalue weighted by molar-refractivity contribution is 9.10. The van der Waals surface area contributed by atoms with E-state index < -0.39 is 5.82 Å². The van der Waals surface area contributed by atoms with Crippen molar-refractivity contribution >= 4 is 27.3 Å². The summed E-state index contributed by atoms with van der Waals surface area (Å²) in [5.41, 5.74) is 1.92. The SMILES string of the molecule is CCOc1ccc(Nc2ccc(C#N)cc2Br)cc1F. The molecule has 1 N–H and O–H groups in total. The van der Waals surface area contributed by atoms with E-state index in [-0.39, 0.29) is 5.75 Å². The normalized spacial score (nSPS) is 9.90. The van der Waals surface area contributed by atoms with Gasteiger partial charge in [-0.05, 0) is 53.2 Å². The molecular weight excluding hydrogens is 323 g/mol. The molecule has 2 aromatic carbocycles. The van der Waals surface area contributed by atoms with Crippen molar-refractivity contribution in [1.29, 1.82) is 5.26 Å². The Morgan fingerprint density at radius 3 is 2.70 bits per heavy atom. The van der Waals surface area contributed by atoms with Crippen LogP contribution in [-0.2, 0) is 0 Å². The molecule has 0 fully saturated rings. The molecule has 2 rings (SSSR count). The van der Waals surface area contributed by atoms with Crippen molar-refractivity contribution in [2.24, 2.45) is 0 Å². The number of hydrogen-bond acceptors (Lipinski definition) is 3. The van der Waals surface area contributed by atoms with E-state index in [1.165, 1.54) is 6.07 Å². The molecule has 0 aliphatic heterocycles. The van der Waals surface area contributed by atoms with E-state index in [1.807, 2.05) is 0 Å². The first kappa shape index (κ1) is 14.4. The van der Waals surface area contributed by atoms with Gasteiger partial charge in [0, 0.05) is 16.2 Å². The minimum Gasteiger partial charge on any atom is -0.491 e. The average Bonchev–Trinajstić information content (AvgIpc) is 2.44. The third-order valence-electron chi connectivity index (χ3n) is 2.61. The Bertz CT molecular complexity index is 667. The van der Waals surface area contributed by atoms with E-state index >= 15 is 0 Å². The number of nitrogens with zero attached hydrogens (tertiary/aromatic N) is 1. The van der Waals surface area contributed by atoms with E-state index in [0.29, 0.717) is 17.9 Å². The van der Waals surface area contributed by atoms with Crippen molar-refractivity contribution in [3.63, 3.8) is 0 Å². The highest BCUT2D eigenvalue weighted by Crippen LogP contribution is 2.28. The summed E-state index contributed by atoms with van der Waals surface area (Å²) in [4.78, 5) is 0. The molecule has 0 radical (unpaired) electrons. The summed E-state index contributed by atoms with van der Waals surface area (Å²) < 4.78 is 19.6. The van der Waals surface area contributed by atoms with Crippen LogP contribution in [0.2, 0.25) is 0 Å². The van der Waals surface area contributed by atoms with Crippen LogP contribution in [-0.4, -0.2) is 6.61 Å². The number of benzene rings is 2. The Hall–Kier alpha value is -2.06. The molecule has 0 bridgehead atoms. The summed E-state index contributed by atoms with van der Waals surface area (Å²) in [6, 6.07) is 11.9. The minimum atomic E-state index is -0.415. The van der Waals surface area contributed by atoms with Crippen LogP contribution >= 0.6 is 15.9 Å². The molecule has 20 heavy (non-hydrogen) atoms. The average molecular weight is 335 g/mol. The first-order chi connectivity index (χ1) is 9.63. The molecule has 0 aromatic heterocycles. The van der Waals surface area contributed by atoms with Crippen LogP contribution < -0.4 is 10.1 Å². The van der Waals surface area contributed by atoms with Crippen LogP contribution in [0.25, 0.3) is 0 Å². The molecule has 0 unspecified atom stereocenters. The third kappa shape index (κ3) is 3.28. The molecule has 0 spiro atoms. The standard InChI is InChI=1S/C15H12BrFN2O/c1-2-20-15-6-4-11(8-13(15)17)19-14-5-3-10(9-18)7-12(14)16/h3-8,19H,2H2,1H3. The fraction of sp³-hybridized carbons (Fsp3) is 0.133. The van der Waals surface area contributed by atoms with Gasteiger partial charge in [-0.15, -0.1) is 0 Å². The second-order valence-electron chi connectivity index (χ2n) is 4.01. The summed E-state index contributed by atoms with van der Waals surface area (Å²) in [5, 5.41) is 11.9. The van der Waals surface area contributed by atoms with E-state index in [0.717, 1.165) is 10.2 Å². The van der Waals surface area contributed by atoms with Crippen molar-refractivity contribution in [3.8, 4) is 11.8 Å². The zero-order valence-corrected chi connectivity index (χ0v) is 12.4. The molecule has 0 heterocycles. The van der Waals surface area contributed by atoms with Crippen LogP contribution in [0.15, 0.2) is 40.9 Å². The number of hydrogen-bond donors (Lipinski definition) is 1. The third-order valence-corrected chi connectivity index (χ3v) is 3.26. The van der Waals surface area contributed by atoms with Gasteiger partial charge in [-0.3, -0.25) is 0 Å². The van der Waals surface area contributed by atoms with Gasteiger partial charge < -0.3 is 10.1 Å². The maximum Gasteiger partial charge on any atom is 0.167 e. The van der Waals surface area contributed by atoms with Gasteiger partial charge in [-0.2, -0.15) is 5.26 Å². The van der Waals surface area contributed by atoms with E-state index in [9.17, 15) is 4.39 Å². The van der Waals surface area contributed by atoms with Gasteiger partial charge in [0.25, 0.3) is 0 Å². The largest absolute Gasteiger partial charge is 0.491 e. The first-order valence-corrected chi connectivity index (χ1v) is 6.82. The molecule has 0 aliphatic rings. The van der Waals surface area contributed by atoms with Gasteiger partial charge in [-0.1, -0.05) is 0 Å². The minimum absolute atomic E-state index is 0.233. The van der Waals surface area contributed by atoms with Crippen LogP contribution in [0.3, 0.4) is 0 Å². The summed E-state index contributed by atoms with van der Waals surface area (Å²) in [5.74, 6) is -0.182. The number of nitrogens with one attached hydrogen (secondary N) is 1. The zero-order valence-electron chi connectivity index (χ0n) is 10.8. The van der Waals surface area contributed by atoms with Crippen LogP contribution in [0.4, 0.5) is 15.8 Å².